The van der Waals surface area contributed by atoms with Crippen LogP contribution < -0.4 is 5.32 Å². The Kier molecular flexibility index (Phi) is 9.84. The van der Waals surface area contributed by atoms with Crippen molar-refractivity contribution in [2.24, 2.45) is 10.9 Å². The van der Waals surface area contributed by atoms with Gasteiger partial charge in [0.1, 0.15) is 6.26 Å². The van der Waals surface area contributed by atoms with Crippen LogP contribution in [0.15, 0.2) is 21.8 Å². The molecule has 0 amide bonds. The molecule has 0 unspecified atom stereocenters. The van der Waals surface area contributed by atoms with E-state index in [9.17, 15) is 0 Å². The molecule has 0 saturated carbocycles. The maximum absolute atomic E-state index is 4.92. The lowest BCUT2D eigenvalue weighted by molar-refractivity contribution is 0.168. The van der Waals surface area contributed by atoms with E-state index in [1.807, 2.05) is 13.1 Å². The maximum Gasteiger partial charge on any atom is 0.193 e. The Morgan fingerprint density at radius 1 is 1.19 bits per heavy atom. The van der Waals surface area contributed by atoms with Gasteiger partial charge in [0.15, 0.2) is 5.96 Å². The number of nitrogens with one attached hydrogen (secondary N) is 1. The molecule has 0 atom stereocenters. The molecule has 0 aliphatic carbocycles. The van der Waals surface area contributed by atoms with Gasteiger partial charge in [-0.2, -0.15) is 0 Å². The molecule has 0 aromatic carbocycles. The number of halogens is 1. The van der Waals surface area contributed by atoms with Crippen LogP contribution in [0.1, 0.15) is 31.9 Å². The summed E-state index contributed by atoms with van der Waals surface area (Å²) in [4.78, 5) is 11.9. The summed E-state index contributed by atoms with van der Waals surface area (Å²) in [5.74, 6) is 1.95. The van der Waals surface area contributed by atoms with E-state index >= 15 is 0 Å². The molecule has 1 aromatic rings. The largest absolute Gasteiger partial charge is 0.364 e. The van der Waals surface area contributed by atoms with Gasteiger partial charge in [-0.05, 0) is 44.8 Å². The third-order valence-electron chi connectivity index (χ3n) is 5.57. The molecule has 7 nitrogen and oxygen atoms in total. The summed E-state index contributed by atoms with van der Waals surface area (Å²) in [5.41, 5.74) is 1.01. The van der Waals surface area contributed by atoms with Gasteiger partial charge in [0.05, 0.1) is 5.69 Å². The molecule has 2 fully saturated rings. The van der Waals surface area contributed by atoms with E-state index in [0.29, 0.717) is 0 Å². The van der Waals surface area contributed by atoms with Gasteiger partial charge in [-0.3, -0.25) is 9.89 Å². The normalized spacial score (nSPS) is 20.5. The highest BCUT2D eigenvalue weighted by atomic mass is 127. The Hall–Kier alpha value is -0.870. The Balaban J connectivity index is 0.00000261. The van der Waals surface area contributed by atoms with Crippen molar-refractivity contribution < 1.29 is 4.52 Å². The fourth-order valence-corrected chi connectivity index (χ4v) is 3.79. The zero-order valence-electron chi connectivity index (χ0n) is 16.8. The predicted molar refractivity (Wildman–Crippen MR) is 120 cm³/mol. The molecule has 2 aliphatic heterocycles. The summed E-state index contributed by atoms with van der Waals surface area (Å²) < 4.78 is 4.92. The summed E-state index contributed by atoms with van der Waals surface area (Å²) in [5, 5.41) is 7.55. The molecule has 2 aliphatic rings. The number of piperidine rings is 1. The van der Waals surface area contributed by atoms with Crippen molar-refractivity contribution >= 4 is 29.9 Å². The van der Waals surface area contributed by atoms with Gasteiger partial charge >= 0.3 is 0 Å². The summed E-state index contributed by atoms with van der Waals surface area (Å²) in [6.07, 6.45) is 5.53. The predicted octanol–water partition coefficient (Wildman–Crippen LogP) is 2.11. The summed E-state index contributed by atoms with van der Waals surface area (Å²) in [6, 6.07) is 1.94. The maximum atomic E-state index is 4.92. The molecular weight excluding hydrogens is 455 g/mol. The SMILES string of the molecule is CN=C(NCCCN1CCC(C)CC1)N1CCN(Cc2ccon2)CC1.I. The van der Waals surface area contributed by atoms with Crippen molar-refractivity contribution in [3.8, 4) is 0 Å². The number of aromatic nitrogens is 1. The number of hydrogen-bond acceptors (Lipinski definition) is 5. The van der Waals surface area contributed by atoms with Crippen LogP contribution in [-0.4, -0.2) is 85.2 Å². The van der Waals surface area contributed by atoms with Gasteiger partial charge in [-0.15, -0.1) is 24.0 Å². The first kappa shape index (κ1) is 22.4. The van der Waals surface area contributed by atoms with Gasteiger partial charge in [0.2, 0.25) is 0 Å². The Morgan fingerprint density at radius 3 is 2.56 bits per heavy atom. The molecule has 154 valence electrons. The smallest absolute Gasteiger partial charge is 0.193 e. The van der Waals surface area contributed by atoms with Crippen molar-refractivity contribution in [1.29, 1.82) is 0 Å². The quantitative estimate of drug-likeness (QED) is 0.285. The fraction of sp³-hybridized carbons (Fsp3) is 0.789. The van der Waals surface area contributed by atoms with Crippen LogP contribution >= 0.6 is 24.0 Å². The molecule has 1 N–H and O–H groups in total. The lowest BCUT2D eigenvalue weighted by Crippen LogP contribution is -2.52. The van der Waals surface area contributed by atoms with Crippen LogP contribution in [0.5, 0.6) is 0 Å². The van der Waals surface area contributed by atoms with Gasteiger partial charge in [0, 0.05) is 52.4 Å². The summed E-state index contributed by atoms with van der Waals surface area (Å²) >= 11 is 0. The van der Waals surface area contributed by atoms with Crippen LogP contribution in [0.3, 0.4) is 0 Å². The number of aliphatic imine (C=N–C) groups is 1. The molecule has 0 spiro atoms. The molecule has 2 saturated heterocycles. The molecule has 0 radical (unpaired) electrons. The van der Waals surface area contributed by atoms with E-state index in [0.717, 1.165) is 56.8 Å². The second-order valence-electron chi connectivity index (χ2n) is 7.61. The minimum atomic E-state index is 0. The van der Waals surface area contributed by atoms with E-state index in [4.69, 9.17) is 4.52 Å². The monoisotopic (exact) mass is 490 g/mol. The number of piperazine rings is 1. The van der Waals surface area contributed by atoms with Crippen molar-refractivity contribution in [3.63, 3.8) is 0 Å². The molecule has 3 heterocycles. The highest BCUT2D eigenvalue weighted by Crippen LogP contribution is 2.15. The van der Waals surface area contributed by atoms with Crippen LogP contribution in [0, 0.1) is 5.92 Å². The Bertz CT molecular complexity index is 536. The molecular formula is C19H35IN6O. The summed E-state index contributed by atoms with van der Waals surface area (Å²) in [6.45, 7) is 12.0. The number of guanidine groups is 1. The zero-order valence-corrected chi connectivity index (χ0v) is 19.1. The summed E-state index contributed by atoms with van der Waals surface area (Å²) in [7, 11) is 1.89. The minimum absolute atomic E-state index is 0. The van der Waals surface area contributed by atoms with E-state index < -0.39 is 0 Å². The van der Waals surface area contributed by atoms with E-state index in [1.54, 1.807) is 6.26 Å². The lowest BCUT2D eigenvalue weighted by atomic mass is 9.99. The van der Waals surface area contributed by atoms with E-state index in [1.165, 1.54) is 38.9 Å². The third-order valence-corrected chi connectivity index (χ3v) is 5.57. The topological polar surface area (TPSA) is 60.1 Å². The van der Waals surface area contributed by atoms with Gasteiger partial charge < -0.3 is 19.6 Å². The molecule has 1 aromatic heterocycles. The first-order valence-electron chi connectivity index (χ1n) is 10.0. The Morgan fingerprint density at radius 2 is 1.93 bits per heavy atom. The lowest BCUT2D eigenvalue weighted by Gasteiger charge is -2.36. The second kappa shape index (κ2) is 11.9. The van der Waals surface area contributed by atoms with E-state index in [-0.39, 0.29) is 24.0 Å². The van der Waals surface area contributed by atoms with Crippen molar-refractivity contribution in [2.75, 3.05) is 59.4 Å². The van der Waals surface area contributed by atoms with E-state index in [2.05, 4.69) is 37.1 Å². The minimum Gasteiger partial charge on any atom is -0.364 e. The first-order chi connectivity index (χ1) is 12.7. The molecule has 27 heavy (non-hydrogen) atoms. The number of rotatable bonds is 6. The van der Waals surface area contributed by atoms with Crippen molar-refractivity contribution in [1.82, 2.24) is 25.2 Å². The zero-order chi connectivity index (χ0) is 18.2. The van der Waals surface area contributed by atoms with Crippen LogP contribution in [0.4, 0.5) is 0 Å². The van der Waals surface area contributed by atoms with Gasteiger partial charge in [-0.1, -0.05) is 12.1 Å². The fourth-order valence-electron chi connectivity index (χ4n) is 3.79. The molecule has 8 heteroatoms. The van der Waals surface area contributed by atoms with Gasteiger partial charge in [-0.25, -0.2) is 0 Å². The van der Waals surface area contributed by atoms with Crippen LogP contribution in [0.25, 0.3) is 0 Å². The second-order valence-corrected chi connectivity index (χ2v) is 7.61. The van der Waals surface area contributed by atoms with Crippen molar-refractivity contribution in [2.45, 2.75) is 32.7 Å². The van der Waals surface area contributed by atoms with Crippen LogP contribution in [-0.2, 0) is 6.54 Å². The molecule has 3 rings (SSSR count). The highest BCUT2D eigenvalue weighted by Gasteiger charge is 2.20. The number of likely N-dealkylation sites (tertiary alicyclic amines) is 1. The standard InChI is InChI=1S/C19H34N6O.HI/c1-17-4-9-23(10-5-17)8-3-7-21-19(20-2)25-13-11-24(12-14-25)16-18-6-15-26-22-18;/h6,15,17H,3-5,7-14,16H2,1-2H3,(H,20,21);1H. The Labute approximate surface area is 180 Å². The number of nitrogens with zero attached hydrogens (tertiary/aromatic N) is 5. The van der Waals surface area contributed by atoms with Gasteiger partial charge in [0.25, 0.3) is 0 Å². The number of hydrogen-bond donors (Lipinski definition) is 1. The van der Waals surface area contributed by atoms with Crippen LogP contribution in [0.2, 0.25) is 0 Å². The highest BCUT2D eigenvalue weighted by molar-refractivity contribution is 14.0. The van der Waals surface area contributed by atoms with Crippen molar-refractivity contribution in [3.05, 3.63) is 18.0 Å². The third kappa shape index (κ3) is 7.23. The average Bonchev–Trinajstić information content (AvgIpc) is 3.17. The first-order valence-corrected chi connectivity index (χ1v) is 10.0. The average molecular weight is 490 g/mol. The molecule has 0 bridgehead atoms.